The average molecular weight is 399 g/mol. The summed E-state index contributed by atoms with van der Waals surface area (Å²) in [6.45, 7) is 4.32. The molecule has 7 heteroatoms. The molecule has 0 bridgehead atoms. The summed E-state index contributed by atoms with van der Waals surface area (Å²) in [5.41, 5.74) is 3.26. The Balaban J connectivity index is 1.59. The van der Waals surface area contributed by atoms with Gasteiger partial charge in [0.2, 0.25) is 0 Å². The molecule has 1 amide bonds. The Kier molecular flexibility index (Phi) is 6.21. The van der Waals surface area contributed by atoms with Crippen molar-refractivity contribution in [2.75, 3.05) is 17.2 Å². The van der Waals surface area contributed by atoms with Gasteiger partial charge in [0.25, 0.3) is 5.91 Å². The van der Waals surface area contributed by atoms with E-state index in [1.165, 1.54) is 18.5 Å². The lowest BCUT2D eigenvalue weighted by Crippen LogP contribution is -2.16. The molecule has 1 aromatic heterocycles. The predicted molar refractivity (Wildman–Crippen MR) is 110 cm³/mol. The largest absolute Gasteiger partial charge is 0.368 e. The first-order valence-electron chi connectivity index (χ1n) is 8.81. The second-order valence-electron chi connectivity index (χ2n) is 6.45. The van der Waals surface area contributed by atoms with E-state index in [-0.39, 0.29) is 17.4 Å². The standard InChI is InChI=1S/C21H20ClFN4O/c1-13-9-14(2)20(16(22)10-13)27-21(28)18-11-26-19(12-25-18)24-8-7-15-5-3-4-6-17(15)23/h3-6,9-12H,7-8H2,1-2H3,(H,24,26)(H,27,28). The number of nitrogens with zero attached hydrogens (tertiary/aromatic N) is 2. The minimum Gasteiger partial charge on any atom is -0.368 e. The van der Waals surface area contributed by atoms with Gasteiger partial charge in [0, 0.05) is 6.54 Å². The van der Waals surface area contributed by atoms with Crippen molar-refractivity contribution in [3.63, 3.8) is 0 Å². The van der Waals surface area contributed by atoms with Crippen molar-refractivity contribution in [3.05, 3.63) is 82.0 Å². The second kappa shape index (κ2) is 8.80. The van der Waals surface area contributed by atoms with Gasteiger partial charge in [-0.2, -0.15) is 0 Å². The number of carbonyl (C=O) groups excluding carboxylic acids is 1. The number of aromatic nitrogens is 2. The maximum atomic E-state index is 13.6. The fourth-order valence-electron chi connectivity index (χ4n) is 2.81. The topological polar surface area (TPSA) is 66.9 Å². The molecule has 0 spiro atoms. The molecule has 0 fully saturated rings. The predicted octanol–water partition coefficient (Wildman–Crippen LogP) is 4.79. The van der Waals surface area contributed by atoms with Crippen LogP contribution < -0.4 is 10.6 Å². The number of amides is 1. The summed E-state index contributed by atoms with van der Waals surface area (Å²) in [4.78, 5) is 20.8. The highest BCUT2D eigenvalue weighted by Gasteiger charge is 2.13. The first kappa shape index (κ1) is 19.8. The summed E-state index contributed by atoms with van der Waals surface area (Å²) in [5, 5.41) is 6.32. The number of halogens is 2. The van der Waals surface area contributed by atoms with Crippen molar-refractivity contribution in [2.24, 2.45) is 0 Å². The maximum absolute atomic E-state index is 13.6. The number of aryl methyl sites for hydroxylation is 2. The van der Waals surface area contributed by atoms with Crippen LogP contribution in [0.4, 0.5) is 15.9 Å². The zero-order valence-corrected chi connectivity index (χ0v) is 16.3. The van der Waals surface area contributed by atoms with Crippen LogP contribution in [0.2, 0.25) is 5.02 Å². The van der Waals surface area contributed by atoms with Gasteiger partial charge in [-0.15, -0.1) is 0 Å². The van der Waals surface area contributed by atoms with Gasteiger partial charge in [-0.25, -0.2) is 14.4 Å². The Hall–Kier alpha value is -2.99. The molecule has 2 aromatic carbocycles. The first-order valence-corrected chi connectivity index (χ1v) is 9.19. The van der Waals surface area contributed by atoms with Crippen LogP contribution in [0.1, 0.15) is 27.2 Å². The lowest BCUT2D eigenvalue weighted by molar-refractivity contribution is 0.102. The van der Waals surface area contributed by atoms with Crippen LogP contribution in [-0.2, 0) is 6.42 Å². The Bertz CT molecular complexity index is 969. The summed E-state index contributed by atoms with van der Waals surface area (Å²) in [5.74, 6) is -0.107. The van der Waals surface area contributed by atoms with Gasteiger partial charge < -0.3 is 10.6 Å². The van der Waals surface area contributed by atoms with Gasteiger partial charge in [0.05, 0.1) is 23.1 Å². The van der Waals surface area contributed by atoms with E-state index in [0.717, 1.165) is 11.1 Å². The SMILES string of the molecule is Cc1cc(C)c(NC(=O)c2cnc(NCCc3ccccc3F)cn2)c(Cl)c1. The smallest absolute Gasteiger partial charge is 0.275 e. The molecule has 0 aliphatic carbocycles. The second-order valence-corrected chi connectivity index (χ2v) is 6.86. The number of carbonyl (C=O) groups is 1. The monoisotopic (exact) mass is 398 g/mol. The third-order valence-electron chi connectivity index (χ3n) is 4.21. The lowest BCUT2D eigenvalue weighted by Gasteiger charge is -2.11. The van der Waals surface area contributed by atoms with Gasteiger partial charge in [-0.05, 0) is 49.1 Å². The Morgan fingerprint density at radius 2 is 1.93 bits per heavy atom. The fraction of sp³-hybridized carbons (Fsp3) is 0.190. The van der Waals surface area contributed by atoms with E-state index in [9.17, 15) is 9.18 Å². The van der Waals surface area contributed by atoms with Crippen LogP contribution in [0, 0.1) is 19.7 Å². The third kappa shape index (κ3) is 4.84. The van der Waals surface area contributed by atoms with Gasteiger partial charge in [0.15, 0.2) is 0 Å². The van der Waals surface area contributed by atoms with Crippen molar-refractivity contribution < 1.29 is 9.18 Å². The highest BCUT2D eigenvalue weighted by atomic mass is 35.5. The van der Waals surface area contributed by atoms with Crippen molar-refractivity contribution in [1.29, 1.82) is 0 Å². The molecule has 0 atom stereocenters. The van der Waals surface area contributed by atoms with E-state index in [1.807, 2.05) is 19.9 Å². The van der Waals surface area contributed by atoms with E-state index in [2.05, 4.69) is 20.6 Å². The van der Waals surface area contributed by atoms with Gasteiger partial charge in [0.1, 0.15) is 17.3 Å². The molecule has 144 valence electrons. The summed E-state index contributed by atoms with van der Waals surface area (Å²) < 4.78 is 13.6. The summed E-state index contributed by atoms with van der Waals surface area (Å²) in [6, 6.07) is 10.4. The van der Waals surface area contributed by atoms with Crippen LogP contribution in [0.5, 0.6) is 0 Å². The first-order chi connectivity index (χ1) is 13.4. The Morgan fingerprint density at radius 3 is 2.61 bits per heavy atom. The Morgan fingerprint density at radius 1 is 1.14 bits per heavy atom. The number of anilines is 2. The summed E-state index contributed by atoms with van der Waals surface area (Å²) in [7, 11) is 0. The zero-order chi connectivity index (χ0) is 20.1. The number of nitrogens with one attached hydrogen (secondary N) is 2. The van der Waals surface area contributed by atoms with Crippen LogP contribution in [0.15, 0.2) is 48.8 Å². The van der Waals surface area contributed by atoms with E-state index in [1.54, 1.807) is 24.3 Å². The molecule has 0 radical (unpaired) electrons. The van der Waals surface area contributed by atoms with Crippen molar-refractivity contribution in [3.8, 4) is 0 Å². The molecular formula is C21H20ClFN4O. The molecule has 2 N–H and O–H groups in total. The molecule has 0 unspecified atom stereocenters. The molecule has 0 aliphatic heterocycles. The molecular weight excluding hydrogens is 379 g/mol. The number of rotatable bonds is 6. The lowest BCUT2D eigenvalue weighted by atomic mass is 10.1. The van der Waals surface area contributed by atoms with E-state index < -0.39 is 0 Å². The molecule has 0 aliphatic rings. The van der Waals surface area contributed by atoms with Crippen molar-refractivity contribution in [1.82, 2.24) is 9.97 Å². The number of benzene rings is 2. The molecule has 0 saturated carbocycles. The molecule has 28 heavy (non-hydrogen) atoms. The number of hydrogen-bond donors (Lipinski definition) is 2. The minimum atomic E-state index is -0.390. The molecule has 1 heterocycles. The zero-order valence-electron chi connectivity index (χ0n) is 15.6. The van der Waals surface area contributed by atoms with Gasteiger partial charge >= 0.3 is 0 Å². The van der Waals surface area contributed by atoms with Crippen molar-refractivity contribution >= 4 is 29.0 Å². The third-order valence-corrected chi connectivity index (χ3v) is 4.51. The number of hydrogen-bond acceptors (Lipinski definition) is 4. The van der Waals surface area contributed by atoms with Gasteiger partial charge in [-0.1, -0.05) is 35.9 Å². The fourth-order valence-corrected chi connectivity index (χ4v) is 3.18. The van der Waals surface area contributed by atoms with Crippen LogP contribution in [-0.4, -0.2) is 22.4 Å². The van der Waals surface area contributed by atoms with Crippen LogP contribution >= 0.6 is 11.6 Å². The van der Waals surface area contributed by atoms with Gasteiger partial charge in [-0.3, -0.25) is 4.79 Å². The van der Waals surface area contributed by atoms with Crippen LogP contribution in [0.3, 0.4) is 0 Å². The Labute approximate surface area is 168 Å². The van der Waals surface area contributed by atoms with E-state index in [4.69, 9.17) is 11.6 Å². The highest BCUT2D eigenvalue weighted by molar-refractivity contribution is 6.34. The van der Waals surface area contributed by atoms with E-state index >= 15 is 0 Å². The minimum absolute atomic E-state index is 0.177. The highest BCUT2D eigenvalue weighted by Crippen LogP contribution is 2.27. The maximum Gasteiger partial charge on any atom is 0.275 e. The normalized spacial score (nSPS) is 10.6. The summed E-state index contributed by atoms with van der Waals surface area (Å²) in [6.07, 6.45) is 3.37. The molecule has 3 aromatic rings. The summed E-state index contributed by atoms with van der Waals surface area (Å²) >= 11 is 6.22. The molecule has 0 saturated heterocycles. The molecule has 3 rings (SSSR count). The van der Waals surface area contributed by atoms with Crippen LogP contribution in [0.25, 0.3) is 0 Å². The van der Waals surface area contributed by atoms with Crippen molar-refractivity contribution in [2.45, 2.75) is 20.3 Å². The average Bonchev–Trinajstić information content (AvgIpc) is 2.66. The molecule has 5 nitrogen and oxygen atoms in total. The quantitative estimate of drug-likeness (QED) is 0.626. The van der Waals surface area contributed by atoms with E-state index in [0.29, 0.717) is 35.1 Å².